The smallest absolute Gasteiger partial charge is 0.441 e. The number of carbonyl (C=O) groups excluding carboxylic acids is 1. The summed E-state index contributed by atoms with van der Waals surface area (Å²) in [6.07, 6.45) is -3.69. The maximum Gasteiger partial charge on any atom is 0.441 e. The van der Waals surface area contributed by atoms with Gasteiger partial charge in [-0.1, -0.05) is 23.8 Å². The predicted octanol–water partition coefficient (Wildman–Crippen LogP) is 3.35. The van der Waals surface area contributed by atoms with Crippen molar-refractivity contribution in [3.8, 4) is 0 Å². The largest absolute Gasteiger partial charge is 0.466 e. The highest BCUT2D eigenvalue weighted by atomic mass is 19.4. The Labute approximate surface area is 136 Å². The van der Waals surface area contributed by atoms with Gasteiger partial charge in [-0.05, 0) is 31.2 Å². The van der Waals surface area contributed by atoms with Crippen molar-refractivity contribution in [2.24, 2.45) is 0 Å². The number of aryl methyl sites for hydroxylation is 1. The molecule has 0 aliphatic heterocycles. The third-order valence-corrected chi connectivity index (χ3v) is 3.28. The van der Waals surface area contributed by atoms with Crippen molar-refractivity contribution in [1.82, 2.24) is 4.98 Å². The number of hydrogen-bond acceptors (Lipinski definition) is 5. The molecule has 2 N–H and O–H groups in total. The molecule has 0 spiro atoms. The molecule has 0 saturated heterocycles. The van der Waals surface area contributed by atoms with Gasteiger partial charge in [-0.15, -0.1) is 0 Å². The topological polar surface area (TPSA) is 63.2 Å². The van der Waals surface area contributed by atoms with Gasteiger partial charge in [0.25, 0.3) is 0 Å². The van der Waals surface area contributed by atoms with Gasteiger partial charge in [0.1, 0.15) is 5.82 Å². The van der Waals surface area contributed by atoms with Gasteiger partial charge >= 0.3 is 17.8 Å². The summed E-state index contributed by atoms with van der Waals surface area (Å²) in [5.74, 6) is -1.65. The monoisotopic (exact) mass is 339 g/mol. The molecule has 0 saturated carbocycles. The van der Waals surface area contributed by atoms with Crippen molar-refractivity contribution < 1.29 is 22.7 Å². The summed E-state index contributed by atoms with van der Waals surface area (Å²) in [7, 11) is 0.889. The number of aromatic nitrogens is 1. The van der Waals surface area contributed by atoms with Crippen LogP contribution in [0.1, 0.15) is 5.56 Å². The van der Waals surface area contributed by atoms with Crippen molar-refractivity contribution in [2.75, 3.05) is 17.7 Å². The third kappa shape index (κ3) is 3.58. The van der Waals surface area contributed by atoms with Gasteiger partial charge in [-0.25, -0.2) is 9.78 Å². The fraction of sp³-hybridized carbons (Fsp3) is 0.250. The van der Waals surface area contributed by atoms with Gasteiger partial charge in [0.15, 0.2) is 0 Å². The molecule has 24 heavy (non-hydrogen) atoms. The van der Waals surface area contributed by atoms with Gasteiger partial charge in [0.05, 0.1) is 7.11 Å². The van der Waals surface area contributed by atoms with Gasteiger partial charge in [-0.2, -0.15) is 13.2 Å². The quantitative estimate of drug-likeness (QED) is 0.646. The summed E-state index contributed by atoms with van der Waals surface area (Å²) in [6.45, 7) is 1.80. The number of esters is 1. The van der Waals surface area contributed by atoms with Crippen molar-refractivity contribution in [1.29, 1.82) is 0 Å². The van der Waals surface area contributed by atoms with Crippen LogP contribution in [-0.2, 0) is 9.53 Å². The number of alkyl halides is 3. The fourth-order valence-corrected chi connectivity index (χ4v) is 2.03. The molecule has 0 bridgehead atoms. The molecule has 0 radical (unpaired) electrons. The predicted molar refractivity (Wildman–Crippen MR) is 83.5 cm³/mol. The standard InChI is InChI=1S/C16H16F3N3O2/c1-11-6-8-12(9-7-11)21-15(14(23)24-2,16(17,18)19)22-13-5-3-4-10-20-13/h3-10,21H,1-2H3,(H,20,22)/t15-/m1/s1. The second-order valence-electron chi connectivity index (χ2n) is 5.07. The molecule has 0 fully saturated rings. The average Bonchev–Trinajstić information content (AvgIpc) is 2.55. The number of rotatable bonds is 5. The van der Waals surface area contributed by atoms with Crippen molar-refractivity contribution in [3.05, 3.63) is 54.2 Å². The first-order valence-corrected chi connectivity index (χ1v) is 6.98. The molecule has 0 amide bonds. The minimum Gasteiger partial charge on any atom is -0.466 e. The zero-order valence-electron chi connectivity index (χ0n) is 13.0. The van der Waals surface area contributed by atoms with Crippen LogP contribution in [0.25, 0.3) is 0 Å². The zero-order chi connectivity index (χ0) is 17.8. The second kappa shape index (κ2) is 6.77. The Morgan fingerprint density at radius 3 is 2.25 bits per heavy atom. The number of halogens is 3. The minimum absolute atomic E-state index is 0.103. The van der Waals surface area contributed by atoms with E-state index in [2.05, 4.69) is 20.4 Å². The molecule has 1 heterocycles. The highest BCUT2D eigenvalue weighted by molar-refractivity contribution is 5.88. The van der Waals surface area contributed by atoms with E-state index in [1.165, 1.54) is 30.5 Å². The summed E-state index contributed by atoms with van der Waals surface area (Å²) in [6, 6.07) is 10.5. The third-order valence-electron chi connectivity index (χ3n) is 3.28. The Morgan fingerprint density at radius 2 is 1.75 bits per heavy atom. The average molecular weight is 339 g/mol. The van der Waals surface area contributed by atoms with Crippen LogP contribution in [0.4, 0.5) is 24.7 Å². The first-order chi connectivity index (χ1) is 11.3. The summed E-state index contributed by atoms with van der Waals surface area (Å²) in [5.41, 5.74) is -2.20. The first kappa shape index (κ1) is 17.6. The van der Waals surface area contributed by atoms with Crippen molar-refractivity contribution >= 4 is 17.5 Å². The van der Waals surface area contributed by atoms with E-state index in [1.807, 2.05) is 0 Å². The minimum atomic E-state index is -5.00. The van der Waals surface area contributed by atoms with Crippen LogP contribution < -0.4 is 10.6 Å². The lowest BCUT2D eigenvalue weighted by molar-refractivity contribution is -0.193. The molecule has 2 aromatic rings. The Hall–Kier alpha value is -2.77. The van der Waals surface area contributed by atoms with E-state index in [1.54, 1.807) is 25.1 Å². The second-order valence-corrected chi connectivity index (χ2v) is 5.07. The maximum atomic E-state index is 13.8. The molecule has 1 aromatic heterocycles. The van der Waals surface area contributed by atoms with E-state index in [4.69, 9.17) is 0 Å². The van der Waals surface area contributed by atoms with E-state index >= 15 is 0 Å². The fourth-order valence-electron chi connectivity index (χ4n) is 2.03. The summed E-state index contributed by atoms with van der Waals surface area (Å²) in [5, 5.41) is 4.33. The lowest BCUT2D eigenvalue weighted by atomic mass is 10.1. The Bertz CT molecular complexity index is 690. The van der Waals surface area contributed by atoms with E-state index in [0.29, 0.717) is 0 Å². The number of pyridine rings is 1. The molecule has 5 nitrogen and oxygen atoms in total. The van der Waals surface area contributed by atoms with Crippen LogP contribution in [0, 0.1) is 6.92 Å². The van der Waals surface area contributed by atoms with Crippen molar-refractivity contribution in [2.45, 2.75) is 18.8 Å². The number of methoxy groups -OCH3 is 1. The Morgan fingerprint density at radius 1 is 1.08 bits per heavy atom. The summed E-state index contributed by atoms with van der Waals surface area (Å²) >= 11 is 0. The molecule has 8 heteroatoms. The molecule has 0 aliphatic rings. The highest BCUT2D eigenvalue weighted by Crippen LogP contribution is 2.35. The molecule has 0 aliphatic carbocycles. The van der Waals surface area contributed by atoms with Crippen LogP contribution in [0.3, 0.4) is 0 Å². The van der Waals surface area contributed by atoms with E-state index in [-0.39, 0.29) is 11.5 Å². The lowest BCUT2D eigenvalue weighted by Crippen LogP contribution is -2.64. The number of benzene rings is 1. The Balaban J connectivity index is 2.49. The number of carbonyl (C=O) groups is 1. The molecule has 128 valence electrons. The number of ether oxygens (including phenoxy) is 1. The number of anilines is 2. The van der Waals surface area contributed by atoms with E-state index < -0.39 is 17.8 Å². The SMILES string of the molecule is COC(=O)[C@@](Nc1ccc(C)cc1)(Nc1ccccn1)C(F)(F)F. The van der Waals surface area contributed by atoms with E-state index in [0.717, 1.165) is 12.7 Å². The number of hydrogen-bond donors (Lipinski definition) is 2. The van der Waals surface area contributed by atoms with Crippen LogP contribution in [0.2, 0.25) is 0 Å². The lowest BCUT2D eigenvalue weighted by Gasteiger charge is -2.35. The molecule has 2 rings (SSSR count). The van der Waals surface area contributed by atoms with Crippen LogP contribution in [0.5, 0.6) is 0 Å². The van der Waals surface area contributed by atoms with Crippen LogP contribution in [0.15, 0.2) is 48.7 Å². The van der Waals surface area contributed by atoms with Gasteiger partial charge in [-0.3, -0.25) is 0 Å². The van der Waals surface area contributed by atoms with Gasteiger partial charge < -0.3 is 15.4 Å². The van der Waals surface area contributed by atoms with Crippen LogP contribution in [-0.4, -0.2) is 29.9 Å². The molecule has 1 atom stereocenters. The zero-order valence-corrected chi connectivity index (χ0v) is 13.0. The number of nitrogens with zero attached hydrogens (tertiary/aromatic N) is 1. The normalized spacial score (nSPS) is 13.7. The molecule has 0 unspecified atom stereocenters. The Kier molecular flexibility index (Phi) is 4.96. The summed E-state index contributed by atoms with van der Waals surface area (Å²) < 4.78 is 45.8. The van der Waals surface area contributed by atoms with Crippen molar-refractivity contribution in [3.63, 3.8) is 0 Å². The van der Waals surface area contributed by atoms with Gasteiger partial charge in [0.2, 0.25) is 0 Å². The molecule has 1 aromatic carbocycles. The molecular formula is C16H16F3N3O2. The van der Waals surface area contributed by atoms with E-state index in [9.17, 15) is 18.0 Å². The maximum absolute atomic E-state index is 13.8. The number of nitrogens with one attached hydrogen (secondary N) is 2. The summed E-state index contributed by atoms with van der Waals surface area (Å²) in [4.78, 5) is 15.9. The molecular weight excluding hydrogens is 323 g/mol. The first-order valence-electron chi connectivity index (χ1n) is 6.98. The van der Waals surface area contributed by atoms with Crippen LogP contribution >= 0.6 is 0 Å². The van der Waals surface area contributed by atoms with Gasteiger partial charge in [0, 0.05) is 11.9 Å². The highest BCUT2D eigenvalue weighted by Gasteiger charge is 2.63.